The molecule has 0 fully saturated rings. The molecule has 0 saturated carbocycles. The van der Waals surface area contributed by atoms with Crippen LogP contribution in [0.15, 0.2) is 47.4 Å². The fourth-order valence-electron chi connectivity index (χ4n) is 2.89. The molecule has 32 heavy (non-hydrogen) atoms. The average molecular weight is 464 g/mol. The highest BCUT2D eigenvalue weighted by Gasteiger charge is 2.21. The van der Waals surface area contributed by atoms with Gasteiger partial charge in [-0.15, -0.1) is 0 Å². The van der Waals surface area contributed by atoms with Crippen molar-refractivity contribution in [2.75, 3.05) is 26.8 Å². The van der Waals surface area contributed by atoms with E-state index in [0.717, 1.165) is 6.42 Å². The van der Waals surface area contributed by atoms with Gasteiger partial charge < -0.3 is 9.47 Å². The smallest absolute Gasteiger partial charge is 0.269 e. The van der Waals surface area contributed by atoms with Crippen LogP contribution in [0.2, 0.25) is 0 Å². The third-order valence-electron chi connectivity index (χ3n) is 4.64. The highest BCUT2D eigenvalue weighted by atomic mass is 32.2. The first kappa shape index (κ1) is 25.2. The van der Waals surface area contributed by atoms with Crippen LogP contribution in [0, 0.1) is 0 Å². The van der Waals surface area contributed by atoms with Crippen LogP contribution < -0.4 is 20.3 Å². The lowest BCUT2D eigenvalue weighted by Crippen LogP contribution is -2.41. The van der Waals surface area contributed by atoms with Crippen LogP contribution in [0.3, 0.4) is 0 Å². The number of hydrogen-bond acceptors (Lipinski definition) is 6. The minimum Gasteiger partial charge on any atom is -0.493 e. The molecule has 2 amide bonds. The van der Waals surface area contributed by atoms with E-state index in [1.807, 2.05) is 6.92 Å². The van der Waals surface area contributed by atoms with E-state index < -0.39 is 21.8 Å². The number of methoxy groups -OCH3 is 1. The second-order valence-electron chi connectivity index (χ2n) is 6.74. The van der Waals surface area contributed by atoms with E-state index in [9.17, 15) is 18.0 Å². The first-order valence-electron chi connectivity index (χ1n) is 10.3. The Morgan fingerprint density at radius 1 is 0.875 bits per heavy atom. The third-order valence-corrected chi connectivity index (χ3v) is 6.70. The molecule has 0 aliphatic rings. The molecule has 0 spiro atoms. The maximum absolute atomic E-state index is 12.5. The van der Waals surface area contributed by atoms with Gasteiger partial charge in [-0.25, -0.2) is 8.42 Å². The van der Waals surface area contributed by atoms with Crippen molar-refractivity contribution in [1.82, 2.24) is 15.2 Å². The zero-order valence-electron chi connectivity index (χ0n) is 18.7. The first-order chi connectivity index (χ1) is 15.3. The van der Waals surface area contributed by atoms with Crippen molar-refractivity contribution in [3.63, 3.8) is 0 Å². The number of carbonyl (C=O) groups excluding carboxylic acids is 2. The maximum Gasteiger partial charge on any atom is 0.269 e. The van der Waals surface area contributed by atoms with Crippen molar-refractivity contribution >= 4 is 21.8 Å². The number of carbonyl (C=O) groups is 2. The predicted molar refractivity (Wildman–Crippen MR) is 120 cm³/mol. The normalized spacial score (nSPS) is 11.2. The number of nitrogens with one attached hydrogen (secondary N) is 2. The lowest BCUT2D eigenvalue weighted by molar-refractivity contribution is 0.0846. The second-order valence-corrected chi connectivity index (χ2v) is 8.67. The molecule has 2 aromatic carbocycles. The van der Waals surface area contributed by atoms with E-state index >= 15 is 0 Å². The lowest BCUT2D eigenvalue weighted by atomic mass is 10.2. The highest BCUT2D eigenvalue weighted by molar-refractivity contribution is 7.89. The molecular weight excluding hydrogens is 434 g/mol. The van der Waals surface area contributed by atoms with Crippen LogP contribution in [-0.2, 0) is 10.0 Å². The average Bonchev–Trinajstić information content (AvgIpc) is 2.81. The zero-order valence-corrected chi connectivity index (χ0v) is 19.5. The van der Waals surface area contributed by atoms with Gasteiger partial charge in [-0.3, -0.25) is 20.4 Å². The van der Waals surface area contributed by atoms with Gasteiger partial charge in [0, 0.05) is 24.2 Å². The Labute approximate surface area is 188 Å². The topological polar surface area (TPSA) is 114 Å². The molecule has 0 unspecified atom stereocenters. The fourth-order valence-corrected chi connectivity index (χ4v) is 4.35. The summed E-state index contributed by atoms with van der Waals surface area (Å²) in [6.45, 7) is 6.72. The van der Waals surface area contributed by atoms with Crippen molar-refractivity contribution in [3.05, 3.63) is 53.6 Å². The summed E-state index contributed by atoms with van der Waals surface area (Å²) < 4.78 is 37.2. The van der Waals surface area contributed by atoms with Gasteiger partial charge in [0.25, 0.3) is 11.8 Å². The van der Waals surface area contributed by atoms with Crippen molar-refractivity contribution in [1.29, 1.82) is 0 Å². The number of ether oxygens (including phenoxy) is 2. The SMILES string of the molecule is CCCOc1ccc(C(=O)NNC(=O)c2ccc(S(=O)(=O)N(CC)CC)cc2)cc1OC. The summed E-state index contributed by atoms with van der Waals surface area (Å²) in [7, 11) is -2.14. The minimum atomic E-state index is -3.61. The maximum atomic E-state index is 12.5. The largest absolute Gasteiger partial charge is 0.493 e. The Morgan fingerprint density at radius 3 is 1.97 bits per heavy atom. The molecule has 0 bridgehead atoms. The molecule has 0 atom stereocenters. The summed E-state index contributed by atoms with van der Waals surface area (Å²) in [6.07, 6.45) is 0.833. The van der Waals surface area contributed by atoms with Crippen LogP contribution >= 0.6 is 0 Å². The lowest BCUT2D eigenvalue weighted by Gasteiger charge is -2.18. The van der Waals surface area contributed by atoms with Gasteiger partial charge in [-0.1, -0.05) is 20.8 Å². The number of amides is 2. The summed E-state index contributed by atoms with van der Waals surface area (Å²) >= 11 is 0. The molecule has 0 heterocycles. The van der Waals surface area contributed by atoms with E-state index in [1.165, 1.54) is 41.7 Å². The van der Waals surface area contributed by atoms with Gasteiger partial charge in [0.1, 0.15) is 0 Å². The molecular formula is C22H29N3O6S. The molecule has 10 heteroatoms. The molecule has 0 saturated heterocycles. The van der Waals surface area contributed by atoms with Crippen LogP contribution in [0.1, 0.15) is 47.9 Å². The van der Waals surface area contributed by atoms with E-state index in [-0.39, 0.29) is 16.0 Å². The van der Waals surface area contributed by atoms with Crippen molar-refractivity contribution in [3.8, 4) is 11.5 Å². The number of rotatable bonds is 10. The molecule has 0 aromatic heterocycles. The van der Waals surface area contributed by atoms with Crippen LogP contribution in [0.25, 0.3) is 0 Å². The van der Waals surface area contributed by atoms with Gasteiger partial charge in [0.2, 0.25) is 10.0 Å². The van der Waals surface area contributed by atoms with Gasteiger partial charge in [0.15, 0.2) is 11.5 Å². The van der Waals surface area contributed by atoms with E-state index in [2.05, 4.69) is 10.9 Å². The molecule has 2 rings (SSSR count). The molecule has 0 radical (unpaired) electrons. The molecule has 2 N–H and O–H groups in total. The van der Waals surface area contributed by atoms with E-state index in [4.69, 9.17) is 9.47 Å². The van der Waals surface area contributed by atoms with Gasteiger partial charge in [-0.2, -0.15) is 4.31 Å². The molecule has 0 aliphatic heterocycles. The van der Waals surface area contributed by atoms with Crippen LogP contribution in [0.4, 0.5) is 0 Å². The molecule has 2 aromatic rings. The number of hydrogen-bond donors (Lipinski definition) is 2. The number of benzene rings is 2. The van der Waals surface area contributed by atoms with Gasteiger partial charge in [-0.05, 0) is 48.9 Å². The highest BCUT2D eigenvalue weighted by Crippen LogP contribution is 2.28. The quantitative estimate of drug-likeness (QED) is 0.524. The van der Waals surface area contributed by atoms with Gasteiger partial charge >= 0.3 is 0 Å². The number of hydrazine groups is 1. The Hall–Kier alpha value is -3.11. The summed E-state index contributed by atoms with van der Waals surface area (Å²) in [5.41, 5.74) is 5.12. The van der Waals surface area contributed by atoms with Gasteiger partial charge in [0.05, 0.1) is 18.6 Å². The predicted octanol–water partition coefficient (Wildman–Crippen LogP) is 2.59. The van der Waals surface area contributed by atoms with E-state index in [1.54, 1.807) is 26.0 Å². The van der Waals surface area contributed by atoms with Crippen molar-refractivity contribution in [2.24, 2.45) is 0 Å². The Kier molecular flexibility index (Phi) is 9.03. The number of sulfonamides is 1. The Bertz CT molecular complexity index is 1030. The minimum absolute atomic E-state index is 0.0965. The molecule has 0 aliphatic carbocycles. The first-order valence-corrected chi connectivity index (χ1v) is 11.7. The standard InChI is InChI=1S/C22H29N3O6S/c1-5-14-31-19-13-10-17(15-20(19)30-4)22(27)24-23-21(26)16-8-11-18(12-9-16)32(28,29)25(6-2)7-3/h8-13,15H,5-7,14H2,1-4H3,(H,23,26)(H,24,27). The van der Waals surface area contributed by atoms with Crippen LogP contribution in [0.5, 0.6) is 11.5 Å². The van der Waals surface area contributed by atoms with Crippen molar-refractivity contribution in [2.45, 2.75) is 32.1 Å². The summed E-state index contributed by atoms with van der Waals surface area (Å²) in [5, 5.41) is 0. The Morgan fingerprint density at radius 2 is 1.44 bits per heavy atom. The number of nitrogens with zero attached hydrogens (tertiary/aromatic N) is 1. The van der Waals surface area contributed by atoms with E-state index in [0.29, 0.717) is 31.2 Å². The zero-order chi connectivity index (χ0) is 23.7. The summed E-state index contributed by atoms with van der Waals surface area (Å²) in [5.74, 6) is -0.198. The summed E-state index contributed by atoms with van der Waals surface area (Å²) in [6, 6.07) is 10.2. The Balaban J connectivity index is 2.04. The summed E-state index contributed by atoms with van der Waals surface area (Å²) in [4.78, 5) is 24.8. The van der Waals surface area contributed by atoms with Crippen LogP contribution in [-0.4, -0.2) is 51.3 Å². The molecule has 9 nitrogen and oxygen atoms in total. The molecule has 174 valence electrons. The monoisotopic (exact) mass is 463 g/mol. The fraction of sp³-hybridized carbons (Fsp3) is 0.364. The van der Waals surface area contributed by atoms with Crippen molar-refractivity contribution < 1.29 is 27.5 Å². The third kappa shape index (κ3) is 5.98. The second kappa shape index (κ2) is 11.5.